The molecule has 2 rings (SSSR count). The lowest BCUT2D eigenvalue weighted by molar-refractivity contribution is 0.0211. The van der Waals surface area contributed by atoms with E-state index >= 15 is 0 Å². The van der Waals surface area contributed by atoms with Gasteiger partial charge in [-0.25, -0.2) is 0 Å². The van der Waals surface area contributed by atoms with E-state index in [0.717, 1.165) is 31.5 Å². The summed E-state index contributed by atoms with van der Waals surface area (Å²) in [6, 6.07) is 7.68. The fourth-order valence-electron chi connectivity index (χ4n) is 2.09. The molecule has 1 aliphatic heterocycles. The maximum absolute atomic E-state index is 8.91. The van der Waals surface area contributed by atoms with Crippen LogP contribution in [0.4, 0.5) is 0 Å². The quantitative estimate of drug-likeness (QED) is 0.880. The molecule has 0 aromatic heterocycles. The second-order valence-electron chi connectivity index (χ2n) is 4.41. The molecule has 0 unspecified atom stereocenters. The zero-order valence-corrected chi connectivity index (χ0v) is 10.6. The zero-order chi connectivity index (χ0) is 12.8. The van der Waals surface area contributed by atoms with Gasteiger partial charge in [0.25, 0.3) is 0 Å². The van der Waals surface area contributed by atoms with Gasteiger partial charge in [0.15, 0.2) is 0 Å². The van der Waals surface area contributed by atoms with Crippen molar-refractivity contribution in [1.82, 2.24) is 5.32 Å². The van der Waals surface area contributed by atoms with Crippen molar-refractivity contribution in [1.29, 1.82) is 5.26 Å². The molecule has 1 N–H and O–H groups in total. The molecule has 0 amide bonds. The number of hydrogen-bond donors (Lipinski definition) is 1. The summed E-state index contributed by atoms with van der Waals surface area (Å²) < 4.78 is 11.0. The molecule has 1 saturated heterocycles. The maximum atomic E-state index is 8.91. The van der Waals surface area contributed by atoms with Crippen LogP contribution < -0.4 is 10.1 Å². The third kappa shape index (κ3) is 3.22. The minimum absolute atomic E-state index is 0.341. The zero-order valence-electron chi connectivity index (χ0n) is 10.6. The Morgan fingerprint density at radius 1 is 1.39 bits per heavy atom. The fourth-order valence-corrected chi connectivity index (χ4v) is 2.09. The molecule has 0 spiro atoms. The predicted molar refractivity (Wildman–Crippen MR) is 68.4 cm³/mol. The number of ether oxygens (including phenoxy) is 2. The Morgan fingerprint density at radius 3 is 2.83 bits per heavy atom. The lowest BCUT2D eigenvalue weighted by Crippen LogP contribution is -2.32. The molecule has 96 valence electrons. The minimum atomic E-state index is 0.341. The Balaban J connectivity index is 1.95. The first-order valence-electron chi connectivity index (χ1n) is 6.23. The van der Waals surface area contributed by atoms with Crippen LogP contribution in [-0.2, 0) is 11.3 Å². The third-order valence-electron chi connectivity index (χ3n) is 3.16. The van der Waals surface area contributed by atoms with Gasteiger partial charge in [0, 0.05) is 0 Å². The van der Waals surface area contributed by atoms with Crippen LogP contribution in [0.2, 0.25) is 0 Å². The molecular weight excluding hydrogens is 228 g/mol. The molecule has 1 aliphatic rings. The third-order valence-corrected chi connectivity index (χ3v) is 3.16. The molecule has 18 heavy (non-hydrogen) atoms. The van der Waals surface area contributed by atoms with Gasteiger partial charge in [-0.3, -0.25) is 0 Å². The van der Waals surface area contributed by atoms with E-state index in [2.05, 4.69) is 11.4 Å². The van der Waals surface area contributed by atoms with E-state index in [9.17, 15) is 0 Å². The van der Waals surface area contributed by atoms with Crippen LogP contribution in [0.3, 0.4) is 0 Å². The predicted octanol–water partition coefficient (Wildman–Crippen LogP) is 1.84. The molecule has 0 bridgehead atoms. The Morgan fingerprint density at radius 2 is 2.17 bits per heavy atom. The molecule has 0 radical (unpaired) electrons. The van der Waals surface area contributed by atoms with Gasteiger partial charge in [-0.1, -0.05) is 6.07 Å². The van der Waals surface area contributed by atoms with Crippen molar-refractivity contribution in [2.24, 2.45) is 0 Å². The molecule has 0 atom stereocenters. The van der Waals surface area contributed by atoms with Gasteiger partial charge in [0.05, 0.1) is 25.4 Å². The molecule has 1 fully saturated rings. The van der Waals surface area contributed by atoms with E-state index in [-0.39, 0.29) is 0 Å². The van der Waals surface area contributed by atoms with E-state index in [1.54, 1.807) is 13.2 Å². The SMILES string of the molecule is COc1cc(COC2CCNCC2)ccc1C#N. The van der Waals surface area contributed by atoms with E-state index < -0.39 is 0 Å². The van der Waals surface area contributed by atoms with Crippen LogP contribution in [0.1, 0.15) is 24.0 Å². The number of benzene rings is 1. The summed E-state index contributed by atoms with van der Waals surface area (Å²) in [5, 5.41) is 12.2. The summed E-state index contributed by atoms with van der Waals surface area (Å²) in [5.41, 5.74) is 1.60. The van der Waals surface area contributed by atoms with Crippen LogP contribution in [0.15, 0.2) is 18.2 Å². The first-order valence-corrected chi connectivity index (χ1v) is 6.23. The van der Waals surface area contributed by atoms with Crippen LogP contribution in [0, 0.1) is 11.3 Å². The Hall–Kier alpha value is -1.57. The topological polar surface area (TPSA) is 54.3 Å². The largest absolute Gasteiger partial charge is 0.495 e. The van der Waals surface area contributed by atoms with Crippen molar-refractivity contribution in [3.05, 3.63) is 29.3 Å². The van der Waals surface area contributed by atoms with Gasteiger partial charge in [-0.2, -0.15) is 5.26 Å². The Labute approximate surface area is 108 Å². The first-order chi connectivity index (χ1) is 8.83. The highest BCUT2D eigenvalue weighted by Crippen LogP contribution is 2.20. The number of rotatable bonds is 4. The molecule has 0 saturated carbocycles. The lowest BCUT2D eigenvalue weighted by atomic mass is 10.1. The van der Waals surface area contributed by atoms with Crippen LogP contribution in [-0.4, -0.2) is 26.3 Å². The minimum Gasteiger partial charge on any atom is -0.495 e. The molecule has 1 heterocycles. The molecular formula is C14H18N2O2. The Kier molecular flexibility index (Phi) is 4.57. The summed E-state index contributed by atoms with van der Waals surface area (Å²) in [7, 11) is 1.58. The fraction of sp³-hybridized carbons (Fsp3) is 0.500. The van der Waals surface area contributed by atoms with Gasteiger partial charge >= 0.3 is 0 Å². The maximum Gasteiger partial charge on any atom is 0.136 e. The highest BCUT2D eigenvalue weighted by Gasteiger charge is 2.13. The molecule has 4 heteroatoms. The normalized spacial score (nSPS) is 16.2. The van der Waals surface area contributed by atoms with Crippen molar-refractivity contribution in [2.45, 2.75) is 25.6 Å². The van der Waals surface area contributed by atoms with Crippen LogP contribution in [0.5, 0.6) is 5.75 Å². The highest BCUT2D eigenvalue weighted by molar-refractivity contribution is 5.45. The van der Waals surface area contributed by atoms with Gasteiger partial charge in [-0.15, -0.1) is 0 Å². The summed E-state index contributed by atoms with van der Waals surface area (Å²) in [6.45, 7) is 2.63. The number of methoxy groups -OCH3 is 1. The summed E-state index contributed by atoms with van der Waals surface area (Å²) in [6.07, 6.45) is 2.47. The summed E-state index contributed by atoms with van der Waals surface area (Å²) >= 11 is 0. The average Bonchev–Trinajstić information content (AvgIpc) is 2.45. The number of piperidine rings is 1. The molecule has 0 aliphatic carbocycles. The first kappa shape index (κ1) is 12.9. The second-order valence-corrected chi connectivity index (χ2v) is 4.41. The highest BCUT2D eigenvalue weighted by atomic mass is 16.5. The molecule has 1 aromatic rings. The standard InChI is InChI=1S/C14H18N2O2/c1-17-14-8-11(2-3-12(14)9-15)10-18-13-4-6-16-7-5-13/h2-3,8,13,16H,4-7,10H2,1H3. The summed E-state index contributed by atoms with van der Waals surface area (Å²) in [4.78, 5) is 0. The van der Waals surface area contributed by atoms with Crippen molar-refractivity contribution in [3.8, 4) is 11.8 Å². The average molecular weight is 246 g/mol. The number of nitrogens with one attached hydrogen (secondary N) is 1. The smallest absolute Gasteiger partial charge is 0.136 e. The van der Waals surface area contributed by atoms with E-state index in [1.807, 2.05) is 12.1 Å². The van der Waals surface area contributed by atoms with Crippen LogP contribution >= 0.6 is 0 Å². The Bertz CT molecular complexity index is 434. The number of nitrogens with zero attached hydrogens (tertiary/aromatic N) is 1. The van der Waals surface area contributed by atoms with Gasteiger partial charge in [0.2, 0.25) is 0 Å². The van der Waals surface area contributed by atoms with Gasteiger partial charge in [0.1, 0.15) is 11.8 Å². The lowest BCUT2D eigenvalue weighted by Gasteiger charge is -2.23. The van der Waals surface area contributed by atoms with Crippen molar-refractivity contribution >= 4 is 0 Å². The van der Waals surface area contributed by atoms with Crippen molar-refractivity contribution in [2.75, 3.05) is 20.2 Å². The van der Waals surface area contributed by atoms with Gasteiger partial charge < -0.3 is 14.8 Å². The van der Waals surface area contributed by atoms with Crippen LogP contribution in [0.25, 0.3) is 0 Å². The monoisotopic (exact) mass is 246 g/mol. The summed E-state index contributed by atoms with van der Waals surface area (Å²) in [5.74, 6) is 0.615. The van der Waals surface area contributed by atoms with E-state index in [1.165, 1.54) is 0 Å². The van der Waals surface area contributed by atoms with E-state index in [4.69, 9.17) is 14.7 Å². The molecule has 1 aromatic carbocycles. The second kappa shape index (κ2) is 6.39. The molecule has 4 nitrogen and oxygen atoms in total. The number of nitriles is 1. The van der Waals surface area contributed by atoms with Gasteiger partial charge in [-0.05, 0) is 43.6 Å². The van der Waals surface area contributed by atoms with E-state index in [0.29, 0.717) is 24.0 Å². The van der Waals surface area contributed by atoms with Crippen molar-refractivity contribution < 1.29 is 9.47 Å². The number of hydrogen-bond acceptors (Lipinski definition) is 4. The van der Waals surface area contributed by atoms with Crippen molar-refractivity contribution in [3.63, 3.8) is 0 Å².